The molecule has 0 unspecified atom stereocenters. The maximum atomic E-state index is 11.9. The van der Waals surface area contributed by atoms with Crippen molar-refractivity contribution < 1.29 is 4.79 Å². The third kappa shape index (κ3) is 3.81. The van der Waals surface area contributed by atoms with Gasteiger partial charge in [-0.25, -0.2) is 9.78 Å². The van der Waals surface area contributed by atoms with E-state index in [9.17, 15) is 4.79 Å². The first kappa shape index (κ1) is 13.1. The molecule has 2 amide bonds. The first-order valence-corrected chi connectivity index (χ1v) is 6.13. The van der Waals surface area contributed by atoms with Gasteiger partial charge in [-0.3, -0.25) is 5.32 Å². The number of urea groups is 1. The molecule has 2 N–H and O–H groups in total. The second kappa shape index (κ2) is 5.52. The Kier molecular flexibility index (Phi) is 3.80. The van der Waals surface area contributed by atoms with Crippen molar-refractivity contribution in [3.8, 4) is 0 Å². The topological polar surface area (TPSA) is 54.0 Å². The fraction of sp³-hybridized carbons (Fsp3) is 0.200. The summed E-state index contributed by atoms with van der Waals surface area (Å²) in [6, 6.07) is 11.1. The van der Waals surface area contributed by atoms with Gasteiger partial charge in [0.05, 0.1) is 0 Å². The average Bonchev–Trinajstić information content (AvgIpc) is 2.26. The first-order valence-electron chi connectivity index (χ1n) is 6.13. The zero-order valence-corrected chi connectivity index (χ0v) is 11.3. The molecule has 2 aromatic rings. The lowest BCUT2D eigenvalue weighted by molar-refractivity contribution is 0.262. The lowest BCUT2D eigenvalue weighted by Crippen LogP contribution is -2.20. The van der Waals surface area contributed by atoms with Crippen molar-refractivity contribution in [3.63, 3.8) is 0 Å². The molecule has 19 heavy (non-hydrogen) atoms. The van der Waals surface area contributed by atoms with Gasteiger partial charge < -0.3 is 5.32 Å². The normalized spacial score (nSPS) is 10.1. The number of rotatable bonds is 2. The van der Waals surface area contributed by atoms with Gasteiger partial charge >= 0.3 is 6.03 Å². The second-order valence-electron chi connectivity index (χ2n) is 4.62. The number of nitrogens with one attached hydrogen (secondary N) is 2. The van der Waals surface area contributed by atoms with E-state index in [1.165, 1.54) is 0 Å². The van der Waals surface area contributed by atoms with Gasteiger partial charge in [0.2, 0.25) is 0 Å². The number of anilines is 2. The van der Waals surface area contributed by atoms with E-state index in [-0.39, 0.29) is 6.03 Å². The molecule has 2 rings (SSSR count). The van der Waals surface area contributed by atoms with E-state index in [0.717, 1.165) is 22.5 Å². The highest BCUT2D eigenvalue weighted by molar-refractivity contribution is 5.99. The molecule has 0 fully saturated rings. The molecule has 0 saturated heterocycles. The summed E-state index contributed by atoms with van der Waals surface area (Å²) in [7, 11) is 0. The van der Waals surface area contributed by atoms with Gasteiger partial charge in [0, 0.05) is 11.4 Å². The van der Waals surface area contributed by atoms with E-state index in [1.807, 2.05) is 45.0 Å². The summed E-state index contributed by atoms with van der Waals surface area (Å²) in [5, 5.41) is 5.51. The third-order valence-electron chi connectivity index (χ3n) is 2.61. The third-order valence-corrected chi connectivity index (χ3v) is 2.61. The van der Waals surface area contributed by atoms with Crippen molar-refractivity contribution in [1.29, 1.82) is 0 Å². The molecule has 1 aromatic carbocycles. The molecule has 4 nitrogen and oxygen atoms in total. The van der Waals surface area contributed by atoms with Crippen LogP contribution >= 0.6 is 0 Å². The summed E-state index contributed by atoms with van der Waals surface area (Å²) < 4.78 is 0. The highest BCUT2D eigenvalue weighted by atomic mass is 16.2. The van der Waals surface area contributed by atoms with Crippen molar-refractivity contribution in [3.05, 3.63) is 53.2 Å². The zero-order chi connectivity index (χ0) is 13.8. The molecule has 0 radical (unpaired) electrons. The standard InChI is InChI=1S/C15H17N3O/c1-10-7-11(2)9-13(8-10)17-15(19)18-14-6-4-5-12(3)16-14/h4-9H,1-3H3,(H2,16,17,18,19). The van der Waals surface area contributed by atoms with Crippen LogP contribution in [0.3, 0.4) is 0 Å². The number of aromatic nitrogens is 1. The van der Waals surface area contributed by atoms with Gasteiger partial charge in [0.15, 0.2) is 0 Å². The minimum atomic E-state index is -0.289. The number of carbonyl (C=O) groups excluding carboxylic acids is 1. The lowest BCUT2D eigenvalue weighted by atomic mass is 10.1. The van der Waals surface area contributed by atoms with Crippen LogP contribution in [0.2, 0.25) is 0 Å². The minimum absolute atomic E-state index is 0.289. The monoisotopic (exact) mass is 255 g/mol. The molecule has 98 valence electrons. The van der Waals surface area contributed by atoms with Gasteiger partial charge in [-0.05, 0) is 56.2 Å². The molecule has 1 aromatic heterocycles. The van der Waals surface area contributed by atoms with Crippen LogP contribution in [0.1, 0.15) is 16.8 Å². The molecule has 0 atom stereocenters. The van der Waals surface area contributed by atoms with Gasteiger partial charge in [0.1, 0.15) is 5.82 Å². The summed E-state index contributed by atoms with van der Waals surface area (Å²) in [5.74, 6) is 0.543. The summed E-state index contributed by atoms with van der Waals surface area (Å²) >= 11 is 0. The largest absolute Gasteiger partial charge is 0.324 e. The van der Waals surface area contributed by atoms with Crippen LogP contribution < -0.4 is 10.6 Å². The summed E-state index contributed by atoms with van der Waals surface area (Å²) in [5.41, 5.74) is 3.87. The van der Waals surface area contributed by atoms with Gasteiger partial charge in [0.25, 0.3) is 0 Å². The van der Waals surface area contributed by atoms with E-state index in [1.54, 1.807) is 6.07 Å². The molecule has 0 spiro atoms. The molecule has 0 aliphatic heterocycles. The number of carbonyl (C=O) groups is 1. The quantitative estimate of drug-likeness (QED) is 0.860. The second-order valence-corrected chi connectivity index (χ2v) is 4.62. The fourth-order valence-electron chi connectivity index (χ4n) is 1.94. The molecule has 0 aliphatic carbocycles. The highest BCUT2D eigenvalue weighted by Gasteiger charge is 2.04. The van der Waals surface area contributed by atoms with E-state index in [4.69, 9.17) is 0 Å². The molecular weight excluding hydrogens is 238 g/mol. The number of hydrogen-bond donors (Lipinski definition) is 2. The number of aryl methyl sites for hydroxylation is 3. The van der Waals surface area contributed by atoms with Crippen molar-refractivity contribution in [2.75, 3.05) is 10.6 Å². The Morgan fingerprint density at radius 1 is 1.00 bits per heavy atom. The zero-order valence-electron chi connectivity index (χ0n) is 11.3. The Hall–Kier alpha value is -2.36. The fourth-order valence-corrected chi connectivity index (χ4v) is 1.94. The van der Waals surface area contributed by atoms with Gasteiger partial charge in [-0.1, -0.05) is 12.1 Å². The number of benzene rings is 1. The van der Waals surface area contributed by atoms with E-state index >= 15 is 0 Å². The molecular formula is C15H17N3O. The van der Waals surface area contributed by atoms with Gasteiger partial charge in [-0.2, -0.15) is 0 Å². The number of nitrogens with zero attached hydrogens (tertiary/aromatic N) is 1. The van der Waals surface area contributed by atoms with Crippen LogP contribution in [0.25, 0.3) is 0 Å². The van der Waals surface area contributed by atoms with Gasteiger partial charge in [-0.15, -0.1) is 0 Å². The van der Waals surface area contributed by atoms with Crippen molar-refractivity contribution >= 4 is 17.5 Å². The molecule has 0 saturated carbocycles. The Morgan fingerprint density at radius 2 is 1.68 bits per heavy atom. The Balaban J connectivity index is 2.05. The van der Waals surface area contributed by atoms with Crippen molar-refractivity contribution in [2.24, 2.45) is 0 Å². The minimum Gasteiger partial charge on any atom is -0.308 e. The Bertz CT molecular complexity index is 588. The van der Waals surface area contributed by atoms with E-state index < -0.39 is 0 Å². The SMILES string of the molecule is Cc1cc(C)cc(NC(=O)Nc2cccc(C)n2)c1. The lowest BCUT2D eigenvalue weighted by Gasteiger charge is -2.09. The summed E-state index contributed by atoms with van der Waals surface area (Å²) in [4.78, 5) is 16.1. The van der Waals surface area contributed by atoms with Crippen molar-refractivity contribution in [1.82, 2.24) is 4.98 Å². The number of hydrogen-bond acceptors (Lipinski definition) is 2. The smallest absolute Gasteiger partial charge is 0.308 e. The molecule has 0 bridgehead atoms. The van der Waals surface area contributed by atoms with Crippen LogP contribution in [0, 0.1) is 20.8 Å². The molecule has 4 heteroatoms. The Labute approximate surface area is 112 Å². The van der Waals surface area contributed by atoms with Crippen LogP contribution in [0.4, 0.5) is 16.3 Å². The summed E-state index contributed by atoms with van der Waals surface area (Å²) in [6.07, 6.45) is 0. The molecule has 0 aliphatic rings. The predicted octanol–water partition coefficient (Wildman–Crippen LogP) is 3.65. The maximum Gasteiger partial charge on any atom is 0.324 e. The number of amides is 2. The van der Waals surface area contributed by atoms with E-state index in [0.29, 0.717) is 5.82 Å². The highest BCUT2D eigenvalue weighted by Crippen LogP contribution is 2.14. The van der Waals surface area contributed by atoms with Crippen molar-refractivity contribution in [2.45, 2.75) is 20.8 Å². The van der Waals surface area contributed by atoms with Crippen LogP contribution in [-0.2, 0) is 0 Å². The summed E-state index contributed by atoms with van der Waals surface area (Å²) in [6.45, 7) is 5.88. The average molecular weight is 255 g/mol. The Morgan fingerprint density at radius 3 is 2.32 bits per heavy atom. The van der Waals surface area contributed by atoms with Crippen LogP contribution in [0.5, 0.6) is 0 Å². The predicted molar refractivity (Wildman–Crippen MR) is 77.5 cm³/mol. The molecule has 1 heterocycles. The first-order chi connectivity index (χ1) is 9.02. The van der Waals surface area contributed by atoms with Crippen LogP contribution in [-0.4, -0.2) is 11.0 Å². The van der Waals surface area contributed by atoms with Crippen LogP contribution in [0.15, 0.2) is 36.4 Å². The maximum absolute atomic E-state index is 11.9. The number of pyridine rings is 1. The van der Waals surface area contributed by atoms with E-state index in [2.05, 4.69) is 21.7 Å².